The maximum atomic E-state index is 12.5. The average molecular weight is 302 g/mol. The Morgan fingerprint density at radius 3 is 2.64 bits per heavy atom. The van der Waals surface area contributed by atoms with Crippen LogP contribution in [0.5, 0.6) is 0 Å². The van der Waals surface area contributed by atoms with Crippen LogP contribution < -0.4 is 10.9 Å². The SMILES string of the molecule is Cn1cnc2c(c1=O)CCN(C(=O)NC(C1CC1)C1CC1)C2. The Bertz CT molecular complexity index is 649. The van der Waals surface area contributed by atoms with Crippen LogP contribution >= 0.6 is 0 Å². The number of carbonyl (C=O) groups is 1. The van der Waals surface area contributed by atoms with Crippen molar-refractivity contribution in [2.24, 2.45) is 18.9 Å². The number of amides is 2. The molecular formula is C16H22N4O2. The molecule has 0 bridgehead atoms. The maximum absolute atomic E-state index is 12.5. The van der Waals surface area contributed by atoms with Crippen molar-refractivity contribution in [2.45, 2.75) is 44.7 Å². The van der Waals surface area contributed by atoms with Crippen molar-refractivity contribution in [3.63, 3.8) is 0 Å². The molecule has 2 aliphatic carbocycles. The molecule has 0 spiro atoms. The van der Waals surface area contributed by atoms with Crippen LogP contribution in [0.2, 0.25) is 0 Å². The van der Waals surface area contributed by atoms with Gasteiger partial charge in [-0.3, -0.25) is 4.79 Å². The maximum Gasteiger partial charge on any atom is 0.317 e. The first-order valence-electron chi connectivity index (χ1n) is 8.22. The summed E-state index contributed by atoms with van der Waals surface area (Å²) in [4.78, 5) is 30.7. The normalized spacial score (nSPS) is 20.9. The van der Waals surface area contributed by atoms with Gasteiger partial charge < -0.3 is 14.8 Å². The Morgan fingerprint density at radius 2 is 2.00 bits per heavy atom. The lowest BCUT2D eigenvalue weighted by Gasteiger charge is -2.30. The van der Waals surface area contributed by atoms with Gasteiger partial charge in [-0.2, -0.15) is 0 Å². The third-order valence-electron chi connectivity index (χ3n) is 5.12. The van der Waals surface area contributed by atoms with Crippen molar-refractivity contribution in [3.05, 3.63) is 27.9 Å². The van der Waals surface area contributed by atoms with Crippen LogP contribution in [0.4, 0.5) is 4.79 Å². The highest BCUT2D eigenvalue weighted by Gasteiger charge is 2.42. The number of nitrogens with zero attached hydrogens (tertiary/aromatic N) is 3. The molecule has 0 saturated heterocycles. The molecule has 2 heterocycles. The summed E-state index contributed by atoms with van der Waals surface area (Å²) in [5.41, 5.74) is 1.52. The van der Waals surface area contributed by atoms with Crippen molar-refractivity contribution in [3.8, 4) is 0 Å². The zero-order valence-corrected chi connectivity index (χ0v) is 12.9. The fourth-order valence-electron chi connectivity index (χ4n) is 3.46. The summed E-state index contributed by atoms with van der Waals surface area (Å²) in [6.07, 6.45) is 7.15. The summed E-state index contributed by atoms with van der Waals surface area (Å²) >= 11 is 0. The molecule has 0 radical (unpaired) electrons. The molecular weight excluding hydrogens is 280 g/mol. The number of nitrogens with one attached hydrogen (secondary N) is 1. The molecule has 0 atom stereocenters. The van der Waals surface area contributed by atoms with Crippen molar-refractivity contribution >= 4 is 6.03 Å². The second-order valence-electron chi connectivity index (χ2n) is 6.91. The smallest absolute Gasteiger partial charge is 0.317 e. The van der Waals surface area contributed by atoms with Gasteiger partial charge in [0.05, 0.1) is 18.6 Å². The Kier molecular flexibility index (Phi) is 3.20. The lowest BCUT2D eigenvalue weighted by molar-refractivity contribution is 0.183. The molecule has 0 aromatic carbocycles. The van der Waals surface area contributed by atoms with Crippen LogP contribution in [-0.4, -0.2) is 33.1 Å². The molecule has 22 heavy (non-hydrogen) atoms. The summed E-state index contributed by atoms with van der Waals surface area (Å²) in [5.74, 6) is 1.39. The molecule has 2 saturated carbocycles. The molecule has 2 fully saturated rings. The molecule has 4 rings (SSSR count). The van der Waals surface area contributed by atoms with E-state index in [1.54, 1.807) is 18.3 Å². The Hall–Kier alpha value is -1.85. The van der Waals surface area contributed by atoms with Gasteiger partial charge in [-0.05, 0) is 43.9 Å². The molecule has 1 aromatic rings. The average Bonchev–Trinajstić information content (AvgIpc) is 3.40. The number of urea groups is 1. The van der Waals surface area contributed by atoms with E-state index in [-0.39, 0.29) is 11.6 Å². The highest BCUT2D eigenvalue weighted by molar-refractivity contribution is 5.75. The highest BCUT2D eigenvalue weighted by Crippen LogP contribution is 2.44. The second kappa shape index (κ2) is 5.11. The minimum absolute atomic E-state index is 0.0110. The second-order valence-corrected chi connectivity index (χ2v) is 6.91. The molecule has 1 aliphatic heterocycles. The number of carbonyl (C=O) groups excluding carboxylic acids is 1. The van der Waals surface area contributed by atoms with Crippen molar-refractivity contribution in [1.82, 2.24) is 19.8 Å². The van der Waals surface area contributed by atoms with Crippen LogP contribution in [0, 0.1) is 11.8 Å². The quantitative estimate of drug-likeness (QED) is 0.907. The number of hydrogen-bond donors (Lipinski definition) is 1. The molecule has 2 amide bonds. The van der Waals surface area contributed by atoms with Crippen LogP contribution in [0.15, 0.2) is 11.1 Å². The van der Waals surface area contributed by atoms with E-state index in [0.29, 0.717) is 37.4 Å². The van der Waals surface area contributed by atoms with Crippen LogP contribution in [0.25, 0.3) is 0 Å². The van der Waals surface area contributed by atoms with E-state index in [9.17, 15) is 9.59 Å². The van der Waals surface area contributed by atoms with Crippen molar-refractivity contribution in [1.29, 1.82) is 0 Å². The van der Waals surface area contributed by atoms with E-state index >= 15 is 0 Å². The zero-order chi connectivity index (χ0) is 15.3. The Labute approximate surface area is 129 Å². The van der Waals surface area contributed by atoms with Gasteiger partial charge in [0.25, 0.3) is 5.56 Å². The summed E-state index contributed by atoms with van der Waals surface area (Å²) in [5, 5.41) is 3.24. The van der Waals surface area contributed by atoms with E-state index in [1.807, 2.05) is 0 Å². The minimum atomic E-state index is 0.0110. The van der Waals surface area contributed by atoms with Crippen LogP contribution in [0.3, 0.4) is 0 Å². The fraction of sp³-hybridized carbons (Fsp3) is 0.688. The number of hydrogen-bond acceptors (Lipinski definition) is 3. The largest absolute Gasteiger partial charge is 0.335 e. The van der Waals surface area contributed by atoms with Gasteiger partial charge in [-0.1, -0.05) is 0 Å². The first-order chi connectivity index (χ1) is 10.6. The predicted molar refractivity (Wildman–Crippen MR) is 81.4 cm³/mol. The summed E-state index contributed by atoms with van der Waals surface area (Å²) in [6, 6.07) is 0.377. The van der Waals surface area contributed by atoms with Gasteiger partial charge in [0.2, 0.25) is 0 Å². The van der Waals surface area contributed by atoms with Gasteiger partial charge >= 0.3 is 6.03 Å². The molecule has 6 nitrogen and oxygen atoms in total. The van der Waals surface area contributed by atoms with Gasteiger partial charge in [0.15, 0.2) is 0 Å². The number of rotatable bonds is 3. The number of aromatic nitrogens is 2. The van der Waals surface area contributed by atoms with Gasteiger partial charge in [-0.25, -0.2) is 9.78 Å². The lowest BCUT2D eigenvalue weighted by Crippen LogP contribution is -2.49. The van der Waals surface area contributed by atoms with E-state index < -0.39 is 0 Å². The molecule has 1 N–H and O–H groups in total. The third-order valence-corrected chi connectivity index (χ3v) is 5.12. The monoisotopic (exact) mass is 302 g/mol. The number of aryl methyl sites for hydroxylation is 1. The first kappa shape index (κ1) is 13.8. The predicted octanol–water partition coefficient (Wildman–Crippen LogP) is 1.04. The van der Waals surface area contributed by atoms with Gasteiger partial charge in [0, 0.05) is 25.2 Å². The summed E-state index contributed by atoms with van der Waals surface area (Å²) in [6.45, 7) is 1.04. The molecule has 6 heteroatoms. The summed E-state index contributed by atoms with van der Waals surface area (Å²) < 4.78 is 1.50. The van der Waals surface area contributed by atoms with Gasteiger partial charge in [0.1, 0.15) is 0 Å². The fourth-order valence-corrected chi connectivity index (χ4v) is 3.46. The highest BCUT2D eigenvalue weighted by atomic mass is 16.2. The molecule has 118 valence electrons. The lowest BCUT2D eigenvalue weighted by atomic mass is 10.1. The standard InChI is InChI=1S/C16H22N4O2/c1-19-9-17-13-8-20(7-6-12(13)15(19)21)16(22)18-14(10-2-3-10)11-4-5-11/h9-11,14H,2-8H2,1H3,(H,18,22). The number of fused-ring (bicyclic) bond motifs is 1. The molecule has 1 aromatic heterocycles. The Balaban J connectivity index is 1.46. The third kappa shape index (κ3) is 2.51. The topological polar surface area (TPSA) is 67.2 Å². The van der Waals surface area contributed by atoms with Crippen molar-refractivity contribution in [2.75, 3.05) is 6.54 Å². The summed E-state index contributed by atoms with van der Waals surface area (Å²) in [7, 11) is 1.71. The van der Waals surface area contributed by atoms with E-state index in [4.69, 9.17) is 0 Å². The zero-order valence-electron chi connectivity index (χ0n) is 12.9. The van der Waals surface area contributed by atoms with E-state index in [1.165, 1.54) is 30.3 Å². The first-order valence-corrected chi connectivity index (χ1v) is 8.22. The van der Waals surface area contributed by atoms with E-state index in [2.05, 4.69) is 10.3 Å². The van der Waals surface area contributed by atoms with Crippen molar-refractivity contribution < 1.29 is 4.79 Å². The minimum Gasteiger partial charge on any atom is -0.335 e. The van der Waals surface area contributed by atoms with Crippen LogP contribution in [-0.2, 0) is 20.0 Å². The Morgan fingerprint density at radius 1 is 1.32 bits per heavy atom. The molecule has 0 unspecified atom stereocenters. The van der Waals surface area contributed by atoms with Gasteiger partial charge in [-0.15, -0.1) is 0 Å². The molecule has 3 aliphatic rings. The van der Waals surface area contributed by atoms with Crippen LogP contribution in [0.1, 0.15) is 36.9 Å². The van der Waals surface area contributed by atoms with E-state index in [0.717, 1.165) is 11.3 Å².